The lowest BCUT2D eigenvalue weighted by molar-refractivity contribution is -0.128. The van der Waals surface area contributed by atoms with Crippen molar-refractivity contribution < 1.29 is 14.3 Å². The van der Waals surface area contributed by atoms with E-state index >= 15 is 0 Å². The Bertz CT molecular complexity index is 591. The summed E-state index contributed by atoms with van der Waals surface area (Å²) in [4.78, 5) is 26.5. The molecule has 26 heavy (non-hydrogen) atoms. The van der Waals surface area contributed by atoms with Crippen molar-refractivity contribution >= 4 is 17.5 Å². The van der Waals surface area contributed by atoms with Crippen molar-refractivity contribution in [2.24, 2.45) is 5.92 Å². The summed E-state index contributed by atoms with van der Waals surface area (Å²) in [5.74, 6) is -0.0909. The summed E-state index contributed by atoms with van der Waals surface area (Å²) < 4.78 is 5.36. The van der Waals surface area contributed by atoms with Crippen LogP contribution < -0.4 is 10.6 Å². The van der Waals surface area contributed by atoms with Gasteiger partial charge >= 0.3 is 0 Å². The molecule has 1 aliphatic carbocycles. The van der Waals surface area contributed by atoms with Crippen LogP contribution in [0.4, 0.5) is 5.69 Å². The normalized spacial score (nSPS) is 19.1. The number of morpholine rings is 1. The molecule has 0 bridgehead atoms. The number of carbonyl (C=O) groups is 2. The Labute approximate surface area is 155 Å². The van der Waals surface area contributed by atoms with Gasteiger partial charge in [0.1, 0.15) is 0 Å². The first-order valence-corrected chi connectivity index (χ1v) is 9.67. The Morgan fingerprint density at radius 3 is 2.42 bits per heavy atom. The Balaban J connectivity index is 1.40. The monoisotopic (exact) mass is 359 g/mol. The summed E-state index contributed by atoms with van der Waals surface area (Å²) in [6, 6.07) is 7.89. The van der Waals surface area contributed by atoms with Crippen molar-refractivity contribution in [3.8, 4) is 0 Å². The van der Waals surface area contributed by atoms with Crippen LogP contribution in [0.2, 0.25) is 0 Å². The van der Waals surface area contributed by atoms with E-state index in [-0.39, 0.29) is 24.3 Å². The van der Waals surface area contributed by atoms with E-state index in [0.29, 0.717) is 0 Å². The summed E-state index contributed by atoms with van der Waals surface area (Å²) >= 11 is 0. The second-order valence-corrected chi connectivity index (χ2v) is 7.19. The van der Waals surface area contributed by atoms with Gasteiger partial charge in [-0.05, 0) is 30.5 Å². The largest absolute Gasteiger partial charge is 0.379 e. The second kappa shape index (κ2) is 9.69. The van der Waals surface area contributed by atoms with Gasteiger partial charge in [0.2, 0.25) is 11.8 Å². The first-order chi connectivity index (χ1) is 12.7. The van der Waals surface area contributed by atoms with Crippen molar-refractivity contribution in [2.75, 3.05) is 38.2 Å². The van der Waals surface area contributed by atoms with Gasteiger partial charge < -0.3 is 15.4 Å². The second-order valence-electron chi connectivity index (χ2n) is 7.19. The average molecular weight is 359 g/mol. The highest BCUT2D eigenvalue weighted by Gasteiger charge is 2.21. The maximum Gasteiger partial charge on any atom is 0.243 e. The standard InChI is InChI=1S/C20H29N3O3/c24-19(14-21-20(25)17-4-2-1-3-5-17)22-18-8-6-16(7-9-18)15-23-10-12-26-13-11-23/h6-9,17H,1-5,10-15H2,(H,21,25)(H,22,24). The fourth-order valence-electron chi connectivity index (χ4n) is 3.59. The zero-order chi connectivity index (χ0) is 18.2. The fraction of sp³-hybridized carbons (Fsp3) is 0.600. The molecule has 0 aromatic heterocycles. The number of hydrogen-bond acceptors (Lipinski definition) is 4. The molecule has 0 radical (unpaired) electrons. The lowest BCUT2D eigenvalue weighted by Gasteiger charge is -2.26. The van der Waals surface area contributed by atoms with Crippen LogP contribution in [-0.2, 0) is 20.9 Å². The molecule has 6 heteroatoms. The molecule has 0 unspecified atom stereocenters. The van der Waals surface area contributed by atoms with E-state index in [4.69, 9.17) is 4.74 Å². The van der Waals surface area contributed by atoms with E-state index in [9.17, 15) is 9.59 Å². The molecule has 6 nitrogen and oxygen atoms in total. The van der Waals surface area contributed by atoms with Gasteiger partial charge in [-0.25, -0.2) is 0 Å². The first-order valence-electron chi connectivity index (χ1n) is 9.67. The van der Waals surface area contributed by atoms with Crippen molar-refractivity contribution in [1.29, 1.82) is 0 Å². The summed E-state index contributed by atoms with van der Waals surface area (Å²) in [5, 5.41) is 5.61. The van der Waals surface area contributed by atoms with Gasteiger partial charge in [-0.2, -0.15) is 0 Å². The molecule has 1 aromatic carbocycles. The topological polar surface area (TPSA) is 70.7 Å². The third-order valence-electron chi connectivity index (χ3n) is 5.15. The van der Waals surface area contributed by atoms with Gasteiger partial charge in [-0.15, -0.1) is 0 Å². The van der Waals surface area contributed by atoms with Crippen LogP contribution in [0.15, 0.2) is 24.3 Å². The maximum absolute atomic E-state index is 12.1. The Hall–Kier alpha value is -1.92. The number of amides is 2. The van der Waals surface area contributed by atoms with E-state index < -0.39 is 0 Å². The molecule has 1 saturated carbocycles. The zero-order valence-corrected chi connectivity index (χ0v) is 15.3. The Kier molecular flexibility index (Phi) is 7.03. The van der Waals surface area contributed by atoms with E-state index in [1.807, 2.05) is 24.3 Å². The molecule has 2 aliphatic rings. The molecule has 2 N–H and O–H groups in total. The molecule has 1 aromatic rings. The third kappa shape index (κ3) is 5.81. The Morgan fingerprint density at radius 2 is 1.73 bits per heavy atom. The van der Waals surface area contributed by atoms with Crippen molar-refractivity contribution in [3.05, 3.63) is 29.8 Å². The highest BCUT2D eigenvalue weighted by molar-refractivity contribution is 5.94. The van der Waals surface area contributed by atoms with Gasteiger partial charge in [0.25, 0.3) is 0 Å². The molecule has 1 heterocycles. The number of ether oxygens (including phenoxy) is 1. The molecule has 1 saturated heterocycles. The van der Waals surface area contributed by atoms with Gasteiger partial charge in [-0.3, -0.25) is 14.5 Å². The minimum atomic E-state index is -0.185. The summed E-state index contributed by atoms with van der Waals surface area (Å²) in [6.45, 7) is 4.43. The third-order valence-corrected chi connectivity index (χ3v) is 5.15. The van der Waals surface area contributed by atoms with E-state index in [1.165, 1.54) is 12.0 Å². The van der Waals surface area contributed by atoms with E-state index in [2.05, 4.69) is 15.5 Å². The van der Waals surface area contributed by atoms with Crippen LogP contribution in [0.25, 0.3) is 0 Å². The lowest BCUT2D eigenvalue weighted by Crippen LogP contribution is -2.37. The number of hydrogen-bond donors (Lipinski definition) is 2. The molecule has 2 fully saturated rings. The lowest BCUT2D eigenvalue weighted by atomic mass is 9.89. The van der Waals surface area contributed by atoms with Crippen LogP contribution in [0.1, 0.15) is 37.7 Å². The fourth-order valence-corrected chi connectivity index (χ4v) is 3.59. The number of rotatable bonds is 6. The zero-order valence-electron chi connectivity index (χ0n) is 15.3. The van der Waals surface area contributed by atoms with Crippen molar-refractivity contribution in [3.63, 3.8) is 0 Å². The minimum absolute atomic E-state index is 0.0145. The van der Waals surface area contributed by atoms with Gasteiger partial charge in [0.15, 0.2) is 0 Å². The maximum atomic E-state index is 12.1. The van der Waals surface area contributed by atoms with Crippen LogP contribution in [0.3, 0.4) is 0 Å². The van der Waals surface area contributed by atoms with Gasteiger partial charge in [0.05, 0.1) is 19.8 Å². The van der Waals surface area contributed by atoms with Crippen LogP contribution in [0.5, 0.6) is 0 Å². The number of nitrogens with zero attached hydrogens (tertiary/aromatic N) is 1. The van der Waals surface area contributed by atoms with Crippen LogP contribution in [-0.4, -0.2) is 49.6 Å². The summed E-state index contributed by atoms with van der Waals surface area (Å²) in [7, 11) is 0. The first kappa shape index (κ1) is 18.9. The Morgan fingerprint density at radius 1 is 1.04 bits per heavy atom. The number of anilines is 1. The number of carbonyl (C=O) groups excluding carboxylic acids is 2. The average Bonchev–Trinajstić information content (AvgIpc) is 2.69. The minimum Gasteiger partial charge on any atom is -0.379 e. The smallest absolute Gasteiger partial charge is 0.243 e. The van der Waals surface area contributed by atoms with Crippen molar-refractivity contribution in [2.45, 2.75) is 38.6 Å². The molecule has 0 atom stereocenters. The molecule has 3 rings (SSSR count). The predicted molar refractivity (Wildman–Crippen MR) is 101 cm³/mol. The SMILES string of the molecule is O=C(CNC(=O)C1CCCCC1)Nc1ccc(CN2CCOCC2)cc1. The van der Waals surface area contributed by atoms with E-state index in [0.717, 1.165) is 64.2 Å². The summed E-state index contributed by atoms with van der Waals surface area (Å²) in [5.41, 5.74) is 1.98. The van der Waals surface area contributed by atoms with Crippen LogP contribution in [0, 0.1) is 5.92 Å². The van der Waals surface area contributed by atoms with E-state index in [1.54, 1.807) is 0 Å². The van der Waals surface area contributed by atoms with Gasteiger partial charge in [0, 0.05) is 31.2 Å². The highest BCUT2D eigenvalue weighted by atomic mass is 16.5. The molecule has 1 aliphatic heterocycles. The summed E-state index contributed by atoms with van der Waals surface area (Å²) in [6.07, 6.45) is 5.32. The predicted octanol–water partition coefficient (Wildman–Crippen LogP) is 2.15. The quantitative estimate of drug-likeness (QED) is 0.817. The van der Waals surface area contributed by atoms with Gasteiger partial charge in [-0.1, -0.05) is 31.4 Å². The highest BCUT2D eigenvalue weighted by Crippen LogP contribution is 2.23. The molecular weight excluding hydrogens is 330 g/mol. The number of nitrogens with one attached hydrogen (secondary N) is 2. The van der Waals surface area contributed by atoms with Crippen LogP contribution >= 0.6 is 0 Å². The molecular formula is C20H29N3O3. The molecule has 2 amide bonds. The molecule has 142 valence electrons. The molecule has 0 spiro atoms. The number of benzene rings is 1. The van der Waals surface area contributed by atoms with Crippen molar-refractivity contribution in [1.82, 2.24) is 10.2 Å².